The summed E-state index contributed by atoms with van der Waals surface area (Å²) in [6, 6.07) is 25.3. The minimum atomic E-state index is -0.335. The standard InChI is InChI=1S/C37H42N2O6/c1-27(40)38-31-12-9-13-32(24-31)45-36(42)15-8-3-2-7-14-33-35(25-34(41)37(33)39-20-22-43-23-21-39)44-26-28-16-18-30(19-17-28)29-10-5-4-6-11-29/h2-6,9-13,16-19,24,33,35,37H,7-8,14-15,20-23,25-26H2,1H3,(H,38,40)/t33-,35-,37+/m1/s1. The number of carbonyl (C=O) groups excluding carboxylic acids is 3. The van der Waals surface area contributed by atoms with Crippen LogP contribution >= 0.6 is 0 Å². The number of hydrogen-bond acceptors (Lipinski definition) is 7. The lowest BCUT2D eigenvalue weighted by atomic mass is 9.93. The minimum absolute atomic E-state index is 0.0877. The van der Waals surface area contributed by atoms with Crippen LogP contribution in [0.5, 0.6) is 5.75 Å². The van der Waals surface area contributed by atoms with Crippen LogP contribution in [0.2, 0.25) is 0 Å². The minimum Gasteiger partial charge on any atom is -0.426 e. The van der Waals surface area contributed by atoms with Gasteiger partial charge >= 0.3 is 5.97 Å². The molecule has 5 rings (SSSR count). The molecule has 1 saturated heterocycles. The Morgan fingerprint density at radius 3 is 2.42 bits per heavy atom. The monoisotopic (exact) mass is 610 g/mol. The van der Waals surface area contributed by atoms with Crippen molar-refractivity contribution in [2.75, 3.05) is 31.6 Å². The zero-order valence-electron chi connectivity index (χ0n) is 25.9. The highest BCUT2D eigenvalue weighted by molar-refractivity contribution is 5.89. The first-order chi connectivity index (χ1) is 22.0. The molecule has 0 unspecified atom stereocenters. The maximum absolute atomic E-state index is 13.3. The fourth-order valence-corrected chi connectivity index (χ4v) is 6.14. The van der Waals surface area contributed by atoms with Crippen LogP contribution in [0.1, 0.15) is 44.6 Å². The molecule has 0 aromatic heterocycles. The number of ketones is 1. The van der Waals surface area contributed by atoms with E-state index in [4.69, 9.17) is 14.2 Å². The van der Waals surface area contributed by atoms with Crippen molar-refractivity contribution in [3.8, 4) is 16.9 Å². The molecule has 1 aliphatic carbocycles. The van der Waals surface area contributed by atoms with E-state index in [2.05, 4.69) is 52.7 Å². The van der Waals surface area contributed by atoms with Gasteiger partial charge in [-0.15, -0.1) is 0 Å². The van der Waals surface area contributed by atoms with Crippen molar-refractivity contribution in [2.24, 2.45) is 5.92 Å². The maximum Gasteiger partial charge on any atom is 0.311 e. The third-order valence-corrected chi connectivity index (χ3v) is 8.31. The summed E-state index contributed by atoms with van der Waals surface area (Å²) >= 11 is 0. The number of anilines is 1. The van der Waals surface area contributed by atoms with Crippen LogP contribution in [0.25, 0.3) is 11.1 Å². The van der Waals surface area contributed by atoms with E-state index in [0.717, 1.165) is 37.1 Å². The molecule has 8 nitrogen and oxygen atoms in total. The van der Waals surface area contributed by atoms with E-state index in [1.54, 1.807) is 24.3 Å². The Kier molecular flexibility index (Phi) is 11.7. The topological polar surface area (TPSA) is 94.2 Å². The van der Waals surface area contributed by atoms with Crippen LogP contribution < -0.4 is 10.1 Å². The Balaban J connectivity index is 1.13. The van der Waals surface area contributed by atoms with Crippen LogP contribution in [0.4, 0.5) is 5.69 Å². The third-order valence-electron chi connectivity index (χ3n) is 8.31. The highest BCUT2D eigenvalue weighted by atomic mass is 16.5. The Morgan fingerprint density at radius 2 is 1.67 bits per heavy atom. The number of carbonyl (C=O) groups is 3. The zero-order valence-corrected chi connectivity index (χ0v) is 25.9. The van der Waals surface area contributed by atoms with Gasteiger partial charge in [0.25, 0.3) is 0 Å². The van der Waals surface area contributed by atoms with E-state index in [1.165, 1.54) is 12.5 Å². The lowest BCUT2D eigenvalue weighted by molar-refractivity contribution is -0.134. The van der Waals surface area contributed by atoms with E-state index in [1.807, 2.05) is 24.3 Å². The highest BCUT2D eigenvalue weighted by Gasteiger charge is 2.45. The smallest absolute Gasteiger partial charge is 0.311 e. The molecule has 3 atom stereocenters. The molecule has 3 aromatic rings. The van der Waals surface area contributed by atoms with Crippen molar-refractivity contribution in [1.29, 1.82) is 0 Å². The van der Waals surface area contributed by atoms with Gasteiger partial charge in [-0.2, -0.15) is 0 Å². The predicted molar refractivity (Wildman–Crippen MR) is 174 cm³/mol. The van der Waals surface area contributed by atoms with Crippen LogP contribution in [0, 0.1) is 5.92 Å². The normalized spacial score (nSPS) is 20.4. The molecule has 0 spiro atoms. The SMILES string of the molecule is CC(=O)Nc1cccc(OC(=O)CCC=CCC[C@H]2[C@H](N3CCOCC3)C(=O)C[C@H]2OCc2ccc(-c3ccccc3)cc2)c1. The number of ether oxygens (including phenoxy) is 3. The average molecular weight is 611 g/mol. The first-order valence-corrected chi connectivity index (χ1v) is 15.8. The molecule has 1 heterocycles. The van der Waals surface area contributed by atoms with Gasteiger partial charge in [0.05, 0.1) is 32.0 Å². The zero-order chi connectivity index (χ0) is 31.4. The van der Waals surface area contributed by atoms with Gasteiger partial charge in [0.1, 0.15) is 5.75 Å². The highest BCUT2D eigenvalue weighted by Crippen LogP contribution is 2.35. The molecule has 1 saturated carbocycles. The molecule has 8 heteroatoms. The molecular weight excluding hydrogens is 568 g/mol. The summed E-state index contributed by atoms with van der Waals surface area (Å²) in [6.45, 7) is 4.69. The molecule has 236 valence electrons. The first kappa shape index (κ1) is 32.3. The predicted octanol–water partition coefficient (Wildman–Crippen LogP) is 6.21. The molecular formula is C37H42N2O6. The van der Waals surface area contributed by atoms with Crippen molar-refractivity contribution in [3.05, 3.63) is 96.6 Å². The number of Topliss-reactive ketones (excluding diaryl/α,β-unsaturated/α-hetero) is 1. The molecule has 1 N–H and O–H groups in total. The number of rotatable bonds is 13. The van der Waals surface area contributed by atoms with E-state index in [9.17, 15) is 14.4 Å². The fraction of sp³-hybridized carbons (Fsp3) is 0.378. The van der Waals surface area contributed by atoms with Gasteiger partial charge in [0, 0.05) is 50.5 Å². The average Bonchev–Trinajstić information content (AvgIpc) is 3.37. The third kappa shape index (κ3) is 9.44. The summed E-state index contributed by atoms with van der Waals surface area (Å²) < 4.78 is 17.4. The largest absolute Gasteiger partial charge is 0.426 e. The van der Waals surface area contributed by atoms with E-state index >= 15 is 0 Å². The second kappa shape index (κ2) is 16.3. The maximum atomic E-state index is 13.3. The summed E-state index contributed by atoms with van der Waals surface area (Å²) in [4.78, 5) is 39.2. The number of nitrogens with one attached hydrogen (secondary N) is 1. The van der Waals surface area contributed by atoms with Crippen molar-refractivity contribution in [2.45, 2.75) is 57.8 Å². The first-order valence-electron chi connectivity index (χ1n) is 15.8. The van der Waals surface area contributed by atoms with Crippen LogP contribution in [0.3, 0.4) is 0 Å². The molecule has 2 fully saturated rings. The Labute approximate surface area is 265 Å². The molecule has 1 aliphatic heterocycles. The van der Waals surface area contributed by atoms with Gasteiger partial charge in [-0.1, -0.05) is 72.8 Å². The van der Waals surface area contributed by atoms with Crippen LogP contribution in [-0.4, -0.2) is 61.0 Å². The number of esters is 1. The Morgan fingerprint density at radius 1 is 0.933 bits per heavy atom. The van der Waals surface area contributed by atoms with Gasteiger partial charge in [-0.25, -0.2) is 0 Å². The van der Waals surface area contributed by atoms with E-state index in [0.29, 0.717) is 44.1 Å². The Hall–Kier alpha value is -4.11. The number of benzene rings is 3. The van der Waals surface area contributed by atoms with Crippen molar-refractivity contribution >= 4 is 23.3 Å². The van der Waals surface area contributed by atoms with Crippen molar-refractivity contribution < 1.29 is 28.6 Å². The summed E-state index contributed by atoms with van der Waals surface area (Å²) in [5.74, 6) is 0.214. The van der Waals surface area contributed by atoms with Crippen LogP contribution in [-0.2, 0) is 30.5 Å². The second-order valence-corrected chi connectivity index (χ2v) is 11.6. The van der Waals surface area contributed by atoms with Gasteiger partial charge in [0.15, 0.2) is 5.78 Å². The number of allylic oxidation sites excluding steroid dienone is 2. The van der Waals surface area contributed by atoms with Crippen molar-refractivity contribution in [1.82, 2.24) is 4.90 Å². The molecule has 2 aliphatic rings. The van der Waals surface area contributed by atoms with Gasteiger partial charge in [-0.3, -0.25) is 19.3 Å². The number of amides is 1. The van der Waals surface area contributed by atoms with Gasteiger partial charge in [-0.05, 0) is 48.1 Å². The fourth-order valence-electron chi connectivity index (χ4n) is 6.14. The number of nitrogens with zero attached hydrogens (tertiary/aromatic N) is 1. The summed E-state index contributed by atoms with van der Waals surface area (Å²) in [6.07, 6.45) is 6.78. The lowest BCUT2D eigenvalue weighted by Gasteiger charge is -2.35. The van der Waals surface area contributed by atoms with E-state index < -0.39 is 0 Å². The summed E-state index contributed by atoms with van der Waals surface area (Å²) in [5.41, 5.74) is 4.01. The van der Waals surface area contributed by atoms with Crippen molar-refractivity contribution in [3.63, 3.8) is 0 Å². The summed E-state index contributed by atoms with van der Waals surface area (Å²) in [7, 11) is 0. The molecule has 0 radical (unpaired) electrons. The second-order valence-electron chi connectivity index (χ2n) is 11.6. The van der Waals surface area contributed by atoms with Gasteiger partial charge in [0.2, 0.25) is 5.91 Å². The molecule has 1 amide bonds. The van der Waals surface area contributed by atoms with E-state index in [-0.39, 0.29) is 42.1 Å². The Bertz CT molecular complexity index is 1450. The lowest BCUT2D eigenvalue weighted by Crippen LogP contribution is -2.49. The molecule has 3 aromatic carbocycles. The number of morpholine rings is 1. The molecule has 0 bridgehead atoms. The molecule has 45 heavy (non-hydrogen) atoms. The van der Waals surface area contributed by atoms with Gasteiger partial charge < -0.3 is 19.5 Å². The number of hydrogen-bond donors (Lipinski definition) is 1. The summed E-state index contributed by atoms with van der Waals surface area (Å²) in [5, 5.41) is 2.68. The van der Waals surface area contributed by atoms with Crippen LogP contribution in [0.15, 0.2) is 91.0 Å². The quantitative estimate of drug-likeness (QED) is 0.140.